The number of benzene rings is 1. The summed E-state index contributed by atoms with van der Waals surface area (Å²) in [5, 5.41) is 0. The highest BCUT2D eigenvalue weighted by Crippen LogP contribution is 2.32. The van der Waals surface area contributed by atoms with E-state index < -0.39 is 23.2 Å². The molecule has 1 amide bonds. The van der Waals surface area contributed by atoms with E-state index in [2.05, 4.69) is 0 Å². The van der Waals surface area contributed by atoms with Crippen molar-refractivity contribution in [3.05, 3.63) is 64.1 Å². The summed E-state index contributed by atoms with van der Waals surface area (Å²) in [4.78, 5) is 25.4. The van der Waals surface area contributed by atoms with Gasteiger partial charge in [0.2, 0.25) is 5.91 Å². The number of carbonyl (C=O) groups is 1. The van der Waals surface area contributed by atoms with Gasteiger partial charge >= 0.3 is 6.18 Å². The predicted molar refractivity (Wildman–Crippen MR) is 85.2 cm³/mol. The van der Waals surface area contributed by atoms with Crippen LogP contribution < -0.4 is 10.3 Å². The molecular formula is C17H17F3N2O3. The fraction of sp³-hybridized carbons (Fsp3) is 0.294. The lowest BCUT2D eigenvalue weighted by atomic mass is 10.1. The molecule has 0 aliphatic rings. The first kappa shape index (κ1) is 18.6. The van der Waals surface area contributed by atoms with E-state index in [4.69, 9.17) is 4.74 Å². The molecule has 0 N–H and O–H groups in total. The van der Waals surface area contributed by atoms with Gasteiger partial charge in [-0.05, 0) is 23.8 Å². The maximum atomic E-state index is 13.0. The standard InChI is InChI=1S/C17H17F3N2O3/c1-21(10-12-6-3-4-7-13(12)17(18,19)20)15(23)11-22-9-5-8-14(25-2)16(22)24/h3-9H,10-11H2,1-2H3. The second-order valence-corrected chi connectivity index (χ2v) is 5.41. The van der Waals surface area contributed by atoms with Gasteiger partial charge in [0.15, 0.2) is 5.75 Å². The van der Waals surface area contributed by atoms with Crippen molar-refractivity contribution in [1.29, 1.82) is 0 Å². The normalized spacial score (nSPS) is 11.2. The highest BCUT2D eigenvalue weighted by molar-refractivity contribution is 5.75. The fourth-order valence-corrected chi connectivity index (χ4v) is 2.34. The van der Waals surface area contributed by atoms with Gasteiger partial charge in [-0.2, -0.15) is 13.2 Å². The monoisotopic (exact) mass is 354 g/mol. The summed E-state index contributed by atoms with van der Waals surface area (Å²) in [7, 11) is 2.73. The molecule has 0 saturated heterocycles. The van der Waals surface area contributed by atoms with E-state index in [9.17, 15) is 22.8 Å². The summed E-state index contributed by atoms with van der Waals surface area (Å²) in [5.74, 6) is -0.410. The van der Waals surface area contributed by atoms with Crippen LogP contribution in [0, 0.1) is 0 Å². The van der Waals surface area contributed by atoms with Crippen LogP contribution in [0.4, 0.5) is 13.2 Å². The lowest BCUT2D eigenvalue weighted by molar-refractivity contribution is -0.139. The van der Waals surface area contributed by atoms with Gasteiger partial charge in [0.1, 0.15) is 6.54 Å². The van der Waals surface area contributed by atoms with Crippen LogP contribution in [0.2, 0.25) is 0 Å². The molecular weight excluding hydrogens is 337 g/mol. The Morgan fingerprint density at radius 3 is 2.52 bits per heavy atom. The third-order valence-corrected chi connectivity index (χ3v) is 3.67. The maximum absolute atomic E-state index is 13.0. The van der Waals surface area contributed by atoms with E-state index in [0.29, 0.717) is 0 Å². The zero-order valence-electron chi connectivity index (χ0n) is 13.7. The Bertz CT molecular complexity index is 815. The van der Waals surface area contributed by atoms with Crippen molar-refractivity contribution >= 4 is 5.91 Å². The predicted octanol–water partition coefficient (Wildman–Crippen LogP) is 2.53. The van der Waals surface area contributed by atoms with Crippen molar-refractivity contribution in [2.75, 3.05) is 14.2 Å². The molecule has 0 atom stereocenters. The molecule has 0 aliphatic carbocycles. The van der Waals surface area contributed by atoms with Crippen molar-refractivity contribution in [3.63, 3.8) is 0 Å². The molecule has 0 radical (unpaired) electrons. The zero-order chi connectivity index (χ0) is 18.6. The van der Waals surface area contributed by atoms with E-state index in [1.807, 2.05) is 0 Å². The summed E-state index contributed by atoms with van der Waals surface area (Å²) in [5.41, 5.74) is -1.28. The Hall–Kier alpha value is -2.77. The first-order valence-electron chi connectivity index (χ1n) is 7.36. The highest BCUT2D eigenvalue weighted by Gasteiger charge is 2.33. The summed E-state index contributed by atoms with van der Waals surface area (Å²) >= 11 is 0. The van der Waals surface area contributed by atoms with Gasteiger partial charge in [-0.15, -0.1) is 0 Å². The lowest BCUT2D eigenvalue weighted by Gasteiger charge is -2.20. The maximum Gasteiger partial charge on any atom is 0.416 e. The largest absolute Gasteiger partial charge is 0.491 e. The third kappa shape index (κ3) is 4.40. The molecule has 1 heterocycles. The number of methoxy groups -OCH3 is 1. The molecule has 0 fully saturated rings. The van der Waals surface area contributed by atoms with Crippen LogP contribution in [-0.4, -0.2) is 29.5 Å². The number of halogens is 3. The molecule has 0 saturated carbocycles. The van der Waals surface area contributed by atoms with Crippen LogP contribution in [0.3, 0.4) is 0 Å². The molecule has 0 aliphatic heterocycles. The third-order valence-electron chi connectivity index (χ3n) is 3.67. The molecule has 0 bridgehead atoms. The molecule has 1 aromatic carbocycles. The van der Waals surface area contributed by atoms with Crippen molar-refractivity contribution in [2.45, 2.75) is 19.3 Å². The van der Waals surface area contributed by atoms with Gasteiger partial charge in [-0.1, -0.05) is 18.2 Å². The quantitative estimate of drug-likeness (QED) is 0.829. The first-order chi connectivity index (χ1) is 11.7. The number of amides is 1. The van der Waals surface area contributed by atoms with E-state index >= 15 is 0 Å². The number of alkyl halides is 3. The number of pyridine rings is 1. The second kappa shape index (κ2) is 7.42. The number of ether oxygens (including phenoxy) is 1. The molecule has 134 valence electrons. The minimum absolute atomic E-state index is 0.0103. The van der Waals surface area contributed by atoms with E-state index in [1.165, 1.54) is 44.6 Å². The smallest absolute Gasteiger partial charge is 0.416 e. The van der Waals surface area contributed by atoms with Crippen LogP contribution in [0.15, 0.2) is 47.4 Å². The molecule has 2 rings (SSSR count). The van der Waals surface area contributed by atoms with Gasteiger partial charge in [-0.3, -0.25) is 9.59 Å². The van der Waals surface area contributed by atoms with Crippen molar-refractivity contribution in [3.8, 4) is 5.75 Å². The number of carbonyl (C=O) groups excluding carboxylic acids is 1. The van der Waals surface area contributed by atoms with Crippen molar-refractivity contribution in [1.82, 2.24) is 9.47 Å². The molecule has 8 heteroatoms. The average Bonchev–Trinajstić information content (AvgIpc) is 2.56. The van der Waals surface area contributed by atoms with Crippen LogP contribution in [0.5, 0.6) is 5.75 Å². The van der Waals surface area contributed by atoms with Crippen molar-refractivity contribution in [2.24, 2.45) is 0 Å². The number of aromatic nitrogens is 1. The molecule has 25 heavy (non-hydrogen) atoms. The van der Waals surface area contributed by atoms with Gasteiger partial charge in [0.05, 0.1) is 12.7 Å². The average molecular weight is 354 g/mol. The van der Waals surface area contributed by atoms with Crippen molar-refractivity contribution < 1.29 is 22.7 Å². The second-order valence-electron chi connectivity index (χ2n) is 5.41. The molecule has 2 aromatic rings. The highest BCUT2D eigenvalue weighted by atomic mass is 19.4. The van der Waals surface area contributed by atoms with Gasteiger partial charge in [0, 0.05) is 19.8 Å². The molecule has 0 unspecified atom stereocenters. The first-order valence-corrected chi connectivity index (χ1v) is 7.36. The van der Waals surface area contributed by atoms with Crippen LogP contribution >= 0.6 is 0 Å². The van der Waals surface area contributed by atoms with Crippen LogP contribution in [-0.2, 0) is 24.1 Å². The van der Waals surface area contributed by atoms with E-state index in [-0.39, 0.29) is 24.4 Å². The number of rotatable bonds is 5. The Morgan fingerprint density at radius 2 is 1.88 bits per heavy atom. The number of hydrogen-bond acceptors (Lipinski definition) is 3. The number of likely N-dealkylation sites (N-methyl/N-ethyl adjacent to an activating group) is 1. The Balaban J connectivity index is 2.16. The summed E-state index contributed by atoms with van der Waals surface area (Å²) in [6, 6.07) is 8.09. The minimum Gasteiger partial charge on any atom is -0.491 e. The van der Waals surface area contributed by atoms with Gasteiger partial charge in [0.25, 0.3) is 5.56 Å². The van der Waals surface area contributed by atoms with E-state index in [0.717, 1.165) is 15.5 Å². The Kier molecular flexibility index (Phi) is 5.51. The molecule has 5 nitrogen and oxygen atoms in total. The lowest BCUT2D eigenvalue weighted by Crippen LogP contribution is -2.34. The summed E-state index contributed by atoms with van der Waals surface area (Å²) < 4.78 is 45.1. The summed E-state index contributed by atoms with van der Waals surface area (Å²) in [6.07, 6.45) is -3.08. The van der Waals surface area contributed by atoms with E-state index in [1.54, 1.807) is 6.07 Å². The van der Waals surface area contributed by atoms with Crippen LogP contribution in [0.1, 0.15) is 11.1 Å². The Morgan fingerprint density at radius 1 is 1.20 bits per heavy atom. The number of hydrogen-bond donors (Lipinski definition) is 0. The topological polar surface area (TPSA) is 51.5 Å². The van der Waals surface area contributed by atoms with Crippen LogP contribution in [0.25, 0.3) is 0 Å². The molecule has 1 aromatic heterocycles. The van der Waals surface area contributed by atoms with Gasteiger partial charge < -0.3 is 14.2 Å². The van der Waals surface area contributed by atoms with Gasteiger partial charge in [-0.25, -0.2) is 0 Å². The number of nitrogens with zero attached hydrogens (tertiary/aromatic N) is 2. The minimum atomic E-state index is -4.50. The summed E-state index contributed by atoms with van der Waals surface area (Å²) in [6.45, 7) is -0.506. The molecule has 0 spiro atoms. The Labute approximate surface area is 142 Å². The zero-order valence-corrected chi connectivity index (χ0v) is 13.7. The fourth-order valence-electron chi connectivity index (χ4n) is 2.34. The SMILES string of the molecule is COc1cccn(CC(=O)N(C)Cc2ccccc2C(F)(F)F)c1=O.